The van der Waals surface area contributed by atoms with E-state index in [1.54, 1.807) is 0 Å². The Kier molecular flexibility index (Phi) is 3.65. The third-order valence-electron chi connectivity index (χ3n) is 2.03. The van der Waals surface area contributed by atoms with Gasteiger partial charge < -0.3 is 20.1 Å². The first-order valence-corrected chi connectivity index (χ1v) is 4.28. The molecule has 15 heavy (non-hydrogen) atoms. The predicted octanol–water partition coefficient (Wildman–Crippen LogP) is 0.163. The van der Waals surface area contributed by atoms with Crippen molar-refractivity contribution in [3.63, 3.8) is 0 Å². The molecule has 3 N–H and O–H groups in total. The average molecular weight is 212 g/mol. The number of aromatic hydroxyl groups is 1. The molecule has 0 aliphatic rings. The summed E-state index contributed by atoms with van der Waals surface area (Å²) >= 11 is 0. The van der Waals surface area contributed by atoms with Crippen LogP contribution in [0.4, 0.5) is 0 Å². The van der Waals surface area contributed by atoms with E-state index in [1.165, 1.54) is 19.2 Å². The highest BCUT2D eigenvalue weighted by Gasteiger charge is 2.13. The molecule has 1 aromatic rings. The Labute approximate surface area is 86.5 Å². The molecule has 0 radical (unpaired) electrons. The maximum atomic E-state index is 11.2. The van der Waals surface area contributed by atoms with Crippen molar-refractivity contribution < 1.29 is 24.9 Å². The Hall–Kier alpha value is -1.59. The molecule has 0 aliphatic heterocycles. The van der Waals surface area contributed by atoms with E-state index in [9.17, 15) is 9.90 Å². The number of ether oxygens (including phenoxy) is 1. The lowest BCUT2D eigenvalue weighted by Crippen LogP contribution is -2.04. The number of hydrogen-bond acceptors (Lipinski definition) is 5. The molecule has 0 amide bonds. The van der Waals surface area contributed by atoms with Crippen LogP contribution in [0.1, 0.15) is 21.5 Å². The monoisotopic (exact) mass is 212 g/mol. The standard InChI is InChI=1S/C10H12O5/c1-15-10(14)6-2-7(4-11)9(13)8(3-6)5-12/h2-3,11-13H,4-5H2,1H3. The van der Waals surface area contributed by atoms with Crippen molar-refractivity contribution in [2.45, 2.75) is 13.2 Å². The fourth-order valence-corrected chi connectivity index (χ4v) is 1.24. The van der Waals surface area contributed by atoms with Gasteiger partial charge in [-0.15, -0.1) is 0 Å². The summed E-state index contributed by atoms with van der Waals surface area (Å²) < 4.78 is 4.49. The van der Waals surface area contributed by atoms with Crippen LogP contribution >= 0.6 is 0 Å². The van der Waals surface area contributed by atoms with Gasteiger partial charge in [0.2, 0.25) is 0 Å². The molecule has 1 aromatic carbocycles. The second kappa shape index (κ2) is 4.77. The van der Waals surface area contributed by atoms with Gasteiger partial charge in [0.15, 0.2) is 0 Å². The van der Waals surface area contributed by atoms with Gasteiger partial charge in [-0.05, 0) is 12.1 Å². The molecule has 0 spiro atoms. The van der Waals surface area contributed by atoms with Crippen LogP contribution in [-0.4, -0.2) is 28.4 Å². The van der Waals surface area contributed by atoms with Gasteiger partial charge in [-0.1, -0.05) is 0 Å². The summed E-state index contributed by atoms with van der Waals surface area (Å²) in [5.74, 6) is -0.785. The Morgan fingerprint density at radius 1 is 1.27 bits per heavy atom. The summed E-state index contributed by atoms with van der Waals surface area (Å²) in [6.45, 7) is -0.826. The molecule has 0 bridgehead atoms. The first-order chi connectivity index (χ1) is 7.13. The third-order valence-corrected chi connectivity index (χ3v) is 2.03. The van der Waals surface area contributed by atoms with Gasteiger partial charge in [0.1, 0.15) is 5.75 Å². The number of benzene rings is 1. The predicted molar refractivity (Wildman–Crippen MR) is 51.3 cm³/mol. The fourth-order valence-electron chi connectivity index (χ4n) is 1.24. The second-order valence-electron chi connectivity index (χ2n) is 2.95. The highest BCUT2D eigenvalue weighted by atomic mass is 16.5. The van der Waals surface area contributed by atoms with E-state index < -0.39 is 19.2 Å². The number of esters is 1. The van der Waals surface area contributed by atoms with Crippen LogP contribution in [0.25, 0.3) is 0 Å². The van der Waals surface area contributed by atoms with Crippen LogP contribution in [0.5, 0.6) is 5.75 Å². The second-order valence-corrected chi connectivity index (χ2v) is 2.95. The largest absolute Gasteiger partial charge is 0.507 e. The molecule has 5 nitrogen and oxygen atoms in total. The highest BCUT2D eigenvalue weighted by molar-refractivity contribution is 5.90. The SMILES string of the molecule is COC(=O)c1cc(CO)c(O)c(CO)c1. The van der Waals surface area contributed by atoms with Crippen molar-refractivity contribution >= 4 is 5.97 Å². The minimum absolute atomic E-state index is 0.182. The quantitative estimate of drug-likeness (QED) is 0.621. The molecule has 82 valence electrons. The minimum Gasteiger partial charge on any atom is -0.507 e. The van der Waals surface area contributed by atoms with E-state index in [0.29, 0.717) is 0 Å². The molecule has 0 saturated heterocycles. The number of carbonyl (C=O) groups excluding carboxylic acids is 1. The van der Waals surface area contributed by atoms with Gasteiger partial charge in [0, 0.05) is 11.1 Å². The molecule has 0 heterocycles. The molecular formula is C10H12O5. The van der Waals surface area contributed by atoms with Crippen LogP contribution in [0.2, 0.25) is 0 Å². The van der Waals surface area contributed by atoms with Crippen LogP contribution < -0.4 is 0 Å². The normalized spacial score (nSPS) is 10.1. The molecule has 5 heteroatoms. The van der Waals surface area contributed by atoms with E-state index in [2.05, 4.69) is 4.74 Å². The number of rotatable bonds is 3. The van der Waals surface area contributed by atoms with Crippen molar-refractivity contribution in [2.75, 3.05) is 7.11 Å². The summed E-state index contributed by atoms with van der Waals surface area (Å²) in [4.78, 5) is 11.2. The molecule has 1 rings (SSSR count). The molecule has 0 atom stereocenters. The first kappa shape index (κ1) is 11.5. The Bertz CT molecular complexity index is 347. The van der Waals surface area contributed by atoms with Crippen molar-refractivity contribution in [2.24, 2.45) is 0 Å². The van der Waals surface area contributed by atoms with E-state index in [4.69, 9.17) is 10.2 Å². The van der Waals surface area contributed by atoms with Gasteiger partial charge in [-0.3, -0.25) is 0 Å². The highest BCUT2D eigenvalue weighted by Crippen LogP contribution is 2.25. The smallest absolute Gasteiger partial charge is 0.337 e. The van der Waals surface area contributed by atoms with E-state index in [1.807, 2.05) is 0 Å². The topological polar surface area (TPSA) is 87.0 Å². The zero-order chi connectivity index (χ0) is 11.4. The summed E-state index contributed by atoms with van der Waals surface area (Å²) in [5.41, 5.74) is 0.548. The zero-order valence-corrected chi connectivity index (χ0v) is 8.23. The summed E-state index contributed by atoms with van der Waals surface area (Å²) in [5, 5.41) is 27.3. The maximum Gasteiger partial charge on any atom is 0.337 e. The van der Waals surface area contributed by atoms with E-state index >= 15 is 0 Å². The molecule has 0 fully saturated rings. The third kappa shape index (κ3) is 2.26. The molecule has 0 aromatic heterocycles. The van der Waals surface area contributed by atoms with Gasteiger partial charge >= 0.3 is 5.97 Å². The fraction of sp³-hybridized carbons (Fsp3) is 0.300. The lowest BCUT2D eigenvalue weighted by Gasteiger charge is -2.08. The Morgan fingerprint density at radius 2 is 1.73 bits per heavy atom. The van der Waals surface area contributed by atoms with Crippen molar-refractivity contribution in [3.05, 3.63) is 28.8 Å². The number of aliphatic hydroxyl groups excluding tert-OH is 2. The van der Waals surface area contributed by atoms with E-state index in [0.717, 1.165) is 0 Å². The number of phenols is 1. The first-order valence-electron chi connectivity index (χ1n) is 4.28. The van der Waals surface area contributed by atoms with Crippen molar-refractivity contribution in [1.82, 2.24) is 0 Å². The van der Waals surface area contributed by atoms with Gasteiger partial charge in [0.05, 0.1) is 25.9 Å². The van der Waals surface area contributed by atoms with Crippen LogP contribution in [0.15, 0.2) is 12.1 Å². The van der Waals surface area contributed by atoms with E-state index in [-0.39, 0.29) is 22.4 Å². The van der Waals surface area contributed by atoms with Crippen LogP contribution in [0, 0.1) is 0 Å². The summed E-state index contributed by atoms with van der Waals surface area (Å²) in [6.07, 6.45) is 0. The van der Waals surface area contributed by atoms with Crippen LogP contribution in [-0.2, 0) is 18.0 Å². The molecular weight excluding hydrogens is 200 g/mol. The van der Waals surface area contributed by atoms with Crippen molar-refractivity contribution in [1.29, 1.82) is 0 Å². The molecule has 0 saturated carbocycles. The molecule has 0 unspecified atom stereocenters. The average Bonchev–Trinajstić information content (AvgIpc) is 2.28. The minimum atomic E-state index is -0.584. The summed E-state index contributed by atoms with van der Waals surface area (Å²) in [6, 6.07) is 2.64. The lowest BCUT2D eigenvalue weighted by atomic mass is 10.0. The molecule has 0 aliphatic carbocycles. The Balaban J connectivity index is 3.26. The Morgan fingerprint density at radius 3 is 2.07 bits per heavy atom. The van der Waals surface area contributed by atoms with Crippen LogP contribution in [0.3, 0.4) is 0 Å². The number of carbonyl (C=O) groups is 1. The van der Waals surface area contributed by atoms with Gasteiger partial charge in [-0.25, -0.2) is 4.79 Å². The van der Waals surface area contributed by atoms with Gasteiger partial charge in [0.25, 0.3) is 0 Å². The number of aliphatic hydroxyl groups is 2. The summed E-state index contributed by atoms with van der Waals surface area (Å²) in [7, 11) is 1.23. The van der Waals surface area contributed by atoms with Crippen molar-refractivity contribution in [3.8, 4) is 5.75 Å². The lowest BCUT2D eigenvalue weighted by molar-refractivity contribution is 0.0600. The number of hydrogen-bond donors (Lipinski definition) is 3. The maximum absolute atomic E-state index is 11.2. The number of methoxy groups -OCH3 is 1. The van der Waals surface area contributed by atoms with Gasteiger partial charge in [-0.2, -0.15) is 0 Å². The zero-order valence-electron chi connectivity index (χ0n) is 8.23.